The molecule has 0 bridgehead atoms. The van der Waals surface area contributed by atoms with E-state index < -0.39 is 0 Å². The van der Waals surface area contributed by atoms with Crippen LogP contribution in [0.15, 0.2) is 48.5 Å². The minimum absolute atomic E-state index is 0.200. The first-order chi connectivity index (χ1) is 10.2. The van der Waals surface area contributed by atoms with Gasteiger partial charge in [-0.2, -0.15) is 0 Å². The van der Waals surface area contributed by atoms with Crippen LogP contribution >= 0.6 is 0 Å². The number of hydrogen-bond donors (Lipinski definition) is 1. The summed E-state index contributed by atoms with van der Waals surface area (Å²) in [6.45, 7) is 13.5. The number of hydrogen-bond acceptors (Lipinski definition) is 1. The lowest BCUT2D eigenvalue weighted by atomic mass is 9.82. The molecule has 0 fully saturated rings. The number of benzene rings is 2. The zero-order chi connectivity index (χ0) is 16.4. The second-order valence-corrected chi connectivity index (χ2v) is 7.77. The quantitative estimate of drug-likeness (QED) is 0.686. The molecule has 0 aliphatic rings. The molecule has 0 radical (unpaired) electrons. The third kappa shape index (κ3) is 3.91. The summed E-state index contributed by atoms with van der Waals surface area (Å²) in [6, 6.07) is 17.5. The standard InChI is InChI=1S/C21H29N/c1-7-21(5,6)17-10-14-19(15-11-17)22-18-12-8-16(9-13-18)20(2,3)4/h8-15,22H,7H2,1-6H3. The Balaban J connectivity index is 2.11. The van der Waals surface area contributed by atoms with E-state index in [0.29, 0.717) is 0 Å². The molecule has 0 spiro atoms. The Morgan fingerprint density at radius 1 is 0.682 bits per heavy atom. The fourth-order valence-electron chi connectivity index (χ4n) is 2.43. The monoisotopic (exact) mass is 295 g/mol. The Morgan fingerprint density at radius 3 is 1.45 bits per heavy atom. The third-order valence-corrected chi connectivity index (χ3v) is 4.59. The van der Waals surface area contributed by atoms with Crippen LogP contribution in [-0.2, 0) is 10.8 Å². The zero-order valence-corrected chi connectivity index (χ0v) is 14.8. The Hall–Kier alpha value is -1.76. The van der Waals surface area contributed by atoms with Gasteiger partial charge in [-0.1, -0.05) is 65.8 Å². The molecule has 0 heterocycles. The maximum absolute atomic E-state index is 3.48. The molecule has 1 nitrogen and oxygen atoms in total. The van der Waals surface area contributed by atoms with E-state index in [1.165, 1.54) is 11.1 Å². The highest BCUT2D eigenvalue weighted by atomic mass is 14.9. The molecule has 0 aliphatic heterocycles. The number of anilines is 2. The van der Waals surface area contributed by atoms with Crippen molar-refractivity contribution in [3.05, 3.63) is 59.7 Å². The molecule has 1 heteroatoms. The van der Waals surface area contributed by atoms with Crippen molar-refractivity contribution < 1.29 is 0 Å². The van der Waals surface area contributed by atoms with E-state index in [9.17, 15) is 0 Å². The Kier molecular flexibility index (Phi) is 4.65. The average molecular weight is 295 g/mol. The summed E-state index contributed by atoms with van der Waals surface area (Å²) in [5.41, 5.74) is 5.47. The first-order valence-corrected chi connectivity index (χ1v) is 8.20. The smallest absolute Gasteiger partial charge is 0.0384 e. The van der Waals surface area contributed by atoms with Crippen molar-refractivity contribution in [3.8, 4) is 0 Å². The SMILES string of the molecule is CCC(C)(C)c1ccc(Nc2ccc(C(C)(C)C)cc2)cc1. The minimum atomic E-state index is 0.200. The number of rotatable bonds is 4. The lowest BCUT2D eigenvalue weighted by Crippen LogP contribution is -2.15. The zero-order valence-electron chi connectivity index (χ0n) is 14.8. The Bertz CT molecular complexity index is 598. The van der Waals surface area contributed by atoms with Crippen LogP contribution in [0.5, 0.6) is 0 Å². The van der Waals surface area contributed by atoms with Crippen LogP contribution in [0, 0.1) is 0 Å². The molecule has 0 unspecified atom stereocenters. The van der Waals surface area contributed by atoms with E-state index in [1.807, 2.05) is 0 Å². The van der Waals surface area contributed by atoms with E-state index in [2.05, 4.69) is 95.4 Å². The summed E-state index contributed by atoms with van der Waals surface area (Å²) in [4.78, 5) is 0. The molecule has 0 saturated carbocycles. The van der Waals surface area contributed by atoms with E-state index in [1.54, 1.807) is 0 Å². The van der Waals surface area contributed by atoms with Crippen molar-refractivity contribution in [1.82, 2.24) is 0 Å². The largest absolute Gasteiger partial charge is 0.356 e. The molecule has 0 atom stereocenters. The summed E-state index contributed by atoms with van der Waals surface area (Å²) < 4.78 is 0. The fourth-order valence-corrected chi connectivity index (χ4v) is 2.43. The second kappa shape index (κ2) is 6.16. The summed E-state index contributed by atoms with van der Waals surface area (Å²) >= 11 is 0. The molecular weight excluding hydrogens is 266 g/mol. The van der Waals surface area contributed by atoms with E-state index in [0.717, 1.165) is 17.8 Å². The first kappa shape index (κ1) is 16.6. The van der Waals surface area contributed by atoms with Gasteiger partial charge in [0, 0.05) is 11.4 Å². The van der Waals surface area contributed by atoms with Crippen LogP contribution in [0.2, 0.25) is 0 Å². The number of nitrogens with one attached hydrogen (secondary N) is 1. The van der Waals surface area contributed by atoms with Crippen LogP contribution in [0.3, 0.4) is 0 Å². The van der Waals surface area contributed by atoms with Gasteiger partial charge in [0.15, 0.2) is 0 Å². The van der Waals surface area contributed by atoms with Gasteiger partial charge in [-0.3, -0.25) is 0 Å². The molecule has 118 valence electrons. The van der Waals surface area contributed by atoms with Crippen LogP contribution in [0.1, 0.15) is 59.1 Å². The van der Waals surface area contributed by atoms with Gasteiger partial charge in [0.1, 0.15) is 0 Å². The van der Waals surface area contributed by atoms with Crippen molar-refractivity contribution in [2.24, 2.45) is 0 Å². The van der Waals surface area contributed by atoms with Gasteiger partial charge in [0.05, 0.1) is 0 Å². The Morgan fingerprint density at radius 2 is 1.09 bits per heavy atom. The van der Waals surface area contributed by atoms with Crippen molar-refractivity contribution in [1.29, 1.82) is 0 Å². The lowest BCUT2D eigenvalue weighted by molar-refractivity contribution is 0.506. The average Bonchev–Trinajstić information content (AvgIpc) is 2.47. The maximum Gasteiger partial charge on any atom is 0.0384 e. The fraction of sp³-hybridized carbons (Fsp3) is 0.429. The second-order valence-electron chi connectivity index (χ2n) is 7.77. The topological polar surface area (TPSA) is 12.0 Å². The Labute approximate surface area is 135 Å². The summed E-state index contributed by atoms with van der Waals surface area (Å²) in [5.74, 6) is 0. The molecule has 2 aromatic rings. The summed E-state index contributed by atoms with van der Waals surface area (Å²) in [5, 5.41) is 3.48. The van der Waals surface area contributed by atoms with Crippen molar-refractivity contribution in [3.63, 3.8) is 0 Å². The highest BCUT2D eigenvalue weighted by molar-refractivity contribution is 5.60. The molecule has 22 heavy (non-hydrogen) atoms. The molecular formula is C21H29N. The first-order valence-electron chi connectivity index (χ1n) is 8.20. The molecule has 0 saturated heterocycles. The molecule has 0 aromatic heterocycles. The van der Waals surface area contributed by atoms with Crippen molar-refractivity contribution >= 4 is 11.4 Å². The molecule has 2 rings (SSSR count). The van der Waals surface area contributed by atoms with Crippen molar-refractivity contribution in [2.45, 2.75) is 58.8 Å². The van der Waals surface area contributed by atoms with E-state index in [4.69, 9.17) is 0 Å². The lowest BCUT2D eigenvalue weighted by Gasteiger charge is -2.23. The van der Waals surface area contributed by atoms with Gasteiger partial charge in [-0.25, -0.2) is 0 Å². The molecule has 0 amide bonds. The van der Waals surface area contributed by atoms with Gasteiger partial charge in [-0.15, -0.1) is 0 Å². The maximum atomic E-state index is 3.48. The predicted molar refractivity (Wildman–Crippen MR) is 98.2 cm³/mol. The van der Waals surface area contributed by atoms with Gasteiger partial charge < -0.3 is 5.32 Å². The molecule has 0 aliphatic carbocycles. The molecule has 2 aromatic carbocycles. The summed E-state index contributed by atoms with van der Waals surface area (Å²) in [6.07, 6.45) is 1.15. The van der Waals surface area contributed by atoms with E-state index >= 15 is 0 Å². The van der Waals surface area contributed by atoms with Crippen LogP contribution in [0.25, 0.3) is 0 Å². The van der Waals surface area contributed by atoms with Crippen LogP contribution in [0.4, 0.5) is 11.4 Å². The normalized spacial score (nSPS) is 12.3. The van der Waals surface area contributed by atoms with Crippen LogP contribution in [-0.4, -0.2) is 0 Å². The third-order valence-electron chi connectivity index (χ3n) is 4.59. The highest BCUT2D eigenvalue weighted by Crippen LogP contribution is 2.29. The van der Waals surface area contributed by atoms with E-state index in [-0.39, 0.29) is 10.8 Å². The van der Waals surface area contributed by atoms with Gasteiger partial charge in [0.25, 0.3) is 0 Å². The van der Waals surface area contributed by atoms with Crippen molar-refractivity contribution in [2.75, 3.05) is 5.32 Å². The molecule has 1 N–H and O–H groups in total. The minimum Gasteiger partial charge on any atom is -0.356 e. The van der Waals surface area contributed by atoms with Gasteiger partial charge >= 0.3 is 0 Å². The summed E-state index contributed by atoms with van der Waals surface area (Å²) in [7, 11) is 0. The van der Waals surface area contributed by atoms with Crippen LogP contribution < -0.4 is 5.32 Å². The predicted octanol–water partition coefficient (Wildman–Crippen LogP) is 6.42. The van der Waals surface area contributed by atoms with Gasteiger partial charge in [0.2, 0.25) is 0 Å². The highest BCUT2D eigenvalue weighted by Gasteiger charge is 2.17. The van der Waals surface area contributed by atoms with Gasteiger partial charge in [-0.05, 0) is 52.6 Å².